The van der Waals surface area contributed by atoms with Crippen LogP contribution in [0.3, 0.4) is 0 Å². The number of nitrogens with two attached hydrogens (primary N) is 1. The second-order valence-corrected chi connectivity index (χ2v) is 4.85. The van der Waals surface area contributed by atoms with Crippen molar-refractivity contribution in [2.45, 2.75) is 38.7 Å². The molecule has 0 spiro atoms. The summed E-state index contributed by atoms with van der Waals surface area (Å²) in [4.78, 5) is 7.35. The number of rotatable bonds is 3. The fourth-order valence-electron chi connectivity index (χ4n) is 2.18. The first-order valence-corrected chi connectivity index (χ1v) is 5.10. The Bertz CT molecular complexity index is 159. The van der Waals surface area contributed by atoms with E-state index in [1.165, 1.54) is 25.9 Å². The summed E-state index contributed by atoms with van der Waals surface area (Å²) in [7, 11) is 2.18. The fourth-order valence-corrected chi connectivity index (χ4v) is 2.18. The number of hydrogen-bond donors (Lipinski definition) is 1. The SMILES string of the molecule is CN1CCCC(CC(C)(C)ON)C1. The van der Waals surface area contributed by atoms with Crippen LogP contribution >= 0.6 is 0 Å². The first-order valence-electron chi connectivity index (χ1n) is 5.10. The predicted molar refractivity (Wildman–Crippen MR) is 54.2 cm³/mol. The molecule has 1 saturated heterocycles. The first kappa shape index (κ1) is 11.0. The van der Waals surface area contributed by atoms with Gasteiger partial charge in [-0.15, -0.1) is 0 Å². The van der Waals surface area contributed by atoms with Gasteiger partial charge in [0, 0.05) is 6.54 Å². The van der Waals surface area contributed by atoms with Crippen molar-refractivity contribution < 1.29 is 4.84 Å². The molecule has 1 unspecified atom stereocenters. The zero-order valence-electron chi connectivity index (χ0n) is 9.05. The van der Waals surface area contributed by atoms with Gasteiger partial charge in [-0.25, -0.2) is 5.90 Å². The van der Waals surface area contributed by atoms with Crippen LogP contribution < -0.4 is 5.90 Å². The molecule has 0 amide bonds. The minimum atomic E-state index is -0.164. The highest BCUT2D eigenvalue weighted by Crippen LogP contribution is 2.25. The van der Waals surface area contributed by atoms with Gasteiger partial charge < -0.3 is 4.90 Å². The van der Waals surface area contributed by atoms with Crippen LogP contribution in [0.2, 0.25) is 0 Å². The Labute approximate surface area is 81.2 Å². The summed E-state index contributed by atoms with van der Waals surface area (Å²) in [6.45, 7) is 6.54. The molecule has 1 atom stereocenters. The molecule has 1 aliphatic rings. The highest BCUT2D eigenvalue weighted by atomic mass is 16.6. The second kappa shape index (κ2) is 4.40. The minimum absolute atomic E-state index is 0.164. The molecular weight excluding hydrogens is 164 g/mol. The number of hydrogen-bond acceptors (Lipinski definition) is 3. The summed E-state index contributed by atoms with van der Waals surface area (Å²) in [5.74, 6) is 5.99. The largest absolute Gasteiger partial charge is 0.306 e. The fraction of sp³-hybridized carbons (Fsp3) is 1.00. The van der Waals surface area contributed by atoms with Crippen molar-refractivity contribution in [2.75, 3.05) is 20.1 Å². The monoisotopic (exact) mass is 186 g/mol. The Morgan fingerprint density at radius 1 is 1.54 bits per heavy atom. The average Bonchev–Trinajstić information content (AvgIpc) is 2.03. The van der Waals surface area contributed by atoms with Crippen molar-refractivity contribution in [2.24, 2.45) is 11.8 Å². The maximum atomic E-state index is 5.24. The molecule has 0 aromatic heterocycles. The summed E-state index contributed by atoms with van der Waals surface area (Å²) in [5, 5.41) is 0. The van der Waals surface area contributed by atoms with Crippen LogP contribution in [0.4, 0.5) is 0 Å². The quantitative estimate of drug-likeness (QED) is 0.677. The van der Waals surface area contributed by atoms with E-state index in [0.29, 0.717) is 0 Å². The Morgan fingerprint density at radius 2 is 2.23 bits per heavy atom. The maximum absolute atomic E-state index is 5.24. The van der Waals surface area contributed by atoms with Gasteiger partial charge in [-0.05, 0) is 52.6 Å². The lowest BCUT2D eigenvalue weighted by Gasteiger charge is -2.34. The van der Waals surface area contributed by atoms with E-state index in [9.17, 15) is 0 Å². The molecule has 78 valence electrons. The van der Waals surface area contributed by atoms with Gasteiger partial charge in [0.05, 0.1) is 5.60 Å². The van der Waals surface area contributed by atoms with Gasteiger partial charge in [-0.3, -0.25) is 4.84 Å². The van der Waals surface area contributed by atoms with Crippen LogP contribution in [0.5, 0.6) is 0 Å². The molecule has 0 aromatic rings. The van der Waals surface area contributed by atoms with Crippen LogP contribution in [0.1, 0.15) is 33.1 Å². The molecule has 0 bridgehead atoms. The molecule has 1 heterocycles. The van der Waals surface area contributed by atoms with Gasteiger partial charge in [0.25, 0.3) is 0 Å². The summed E-state index contributed by atoms with van der Waals surface area (Å²) >= 11 is 0. The van der Waals surface area contributed by atoms with Gasteiger partial charge in [0.2, 0.25) is 0 Å². The molecule has 2 N–H and O–H groups in total. The molecule has 13 heavy (non-hydrogen) atoms. The standard InChI is InChI=1S/C10H22N2O/c1-10(2,13-11)7-9-5-4-6-12(3)8-9/h9H,4-8,11H2,1-3H3. The van der Waals surface area contributed by atoms with Gasteiger partial charge >= 0.3 is 0 Å². The molecule has 1 fully saturated rings. The summed E-state index contributed by atoms with van der Waals surface area (Å²) in [5.41, 5.74) is -0.164. The van der Waals surface area contributed by atoms with E-state index in [-0.39, 0.29) is 5.60 Å². The van der Waals surface area contributed by atoms with Crippen molar-refractivity contribution in [3.63, 3.8) is 0 Å². The number of piperidine rings is 1. The zero-order chi connectivity index (χ0) is 9.90. The topological polar surface area (TPSA) is 38.5 Å². The number of nitrogens with zero attached hydrogens (tertiary/aromatic N) is 1. The highest BCUT2D eigenvalue weighted by Gasteiger charge is 2.26. The van der Waals surface area contributed by atoms with Crippen LogP contribution in [-0.4, -0.2) is 30.6 Å². The molecular formula is C10H22N2O. The van der Waals surface area contributed by atoms with Crippen LogP contribution in [0.25, 0.3) is 0 Å². The van der Waals surface area contributed by atoms with Crippen LogP contribution in [-0.2, 0) is 4.84 Å². The van der Waals surface area contributed by atoms with E-state index < -0.39 is 0 Å². The average molecular weight is 186 g/mol. The molecule has 0 aromatic carbocycles. The van der Waals surface area contributed by atoms with Crippen molar-refractivity contribution in [3.05, 3.63) is 0 Å². The summed E-state index contributed by atoms with van der Waals surface area (Å²) in [6, 6.07) is 0. The third-order valence-electron chi connectivity index (χ3n) is 2.82. The normalized spacial score (nSPS) is 26.3. The van der Waals surface area contributed by atoms with Gasteiger partial charge in [-0.2, -0.15) is 0 Å². The molecule has 0 radical (unpaired) electrons. The molecule has 0 aliphatic carbocycles. The molecule has 0 saturated carbocycles. The Hall–Kier alpha value is -0.120. The van der Waals surface area contributed by atoms with E-state index in [0.717, 1.165) is 12.3 Å². The zero-order valence-corrected chi connectivity index (χ0v) is 9.05. The lowest BCUT2D eigenvalue weighted by atomic mass is 9.87. The van der Waals surface area contributed by atoms with Crippen molar-refractivity contribution in [1.82, 2.24) is 4.90 Å². The predicted octanol–water partition coefficient (Wildman–Crippen LogP) is 1.39. The van der Waals surface area contributed by atoms with E-state index in [2.05, 4.69) is 25.8 Å². The maximum Gasteiger partial charge on any atom is 0.0841 e. The molecule has 3 nitrogen and oxygen atoms in total. The van der Waals surface area contributed by atoms with E-state index in [4.69, 9.17) is 10.7 Å². The van der Waals surface area contributed by atoms with Gasteiger partial charge in [-0.1, -0.05) is 0 Å². The van der Waals surface area contributed by atoms with E-state index >= 15 is 0 Å². The van der Waals surface area contributed by atoms with Gasteiger partial charge in [0.1, 0.15) is 0 Å². The first-order chi connectivity index (χ1) is 6.03. The Balaban J connectivity index is 2.35. The molecule has 3 heteroatoms. The Kier molecular flexibility index (Phi) is 3.71. The summed E-state index contributed by atoms with van der Waals surface area (Å²) in [6.07, 6.45) is 3.69. The second-order valence-electron chi connectivity index (χ2n) is 4.85. The van der Waals surface area contributed by atoms with Gasteiger partial charge in [0.15, 0.2) is 0 Å². The third kappa shape index (κ3) is 3.63. The van der Waals surface area contributed by atoms with Crippen LogP contribution in [0.15, 0.2) is 0 Å². The lowest BCUT2D eigenvalue weighted by Crippen LogP contribution is -2.38. The number of likely N-dealkylation sites (tertiary alicyclic amines) is 1. The van der Waals surface area contributed by atoms with Crippen LogP contribution in [0, 0.1) is 5.92 Å². The van der Waals surface area contributed by atoms with E-state index in [1.54, 1.807) is 0 Å². The highest BCUT2D eigenvalue weighted by molar-refractivity contribution is 4.78. The Morgan fingerprint density at radius 3 is 2.77 bits per heavy atom. The lowest BCUT2D eigenvalue weighted by molar-refractivity contribution is -0.0420. The summed E-state index contributed by atoms with van der Waals surface area (Å²) < 4.78 is 0. The van der Waals surface area contributed by atoms with E-state index in [1.807, 2.05) is 0 Å². The van der Waals surface area contributed by atoms with Crippen molar-refractivity contribution >= 4 is 0 Å². The smallest absolute Gasteiger partial charge is 0.0841 e. The molecule has 1 aliphatic heterocycles. The van der Waals surface area contributed by atoms with Crippen molar-refractivity contribution in [3.8, 4) is 0 Å². The van der Waals surface area contributed by atoms with Crippen molar-refractivity contribution in [1.29, 1.82) is 0 Å². The third-order valence-corrected chi connectivity index (χ3v) is 2.82. The molecule has 1 rings (SSSR count). The minimum Gasteiger partial charge on any atom is -0.306 e.